The molecule has 4 heteroatoms. The Kier molecular flexibility index (Phi) is 3.85. The molecule has 1 aromatic heterocycles. The Balaban J connectivity index is 2.09. The van der Waals surface area contributed by atoms with E-state index in [9.17, 15) is 0 Å². The molecule has 2 N–H and O–H groups in total. The molecule has 88 valence electrons. The van der Waals surface area contributed by atoms with Crippen molar-refractivity contribution >= 4 is 0 Å². The van der Waals surface area contributed by atoms with Gasteiger partial charge in [0.2, 0.25) is 0 Å². The fraction of sp³-hybridized carbons (Fsp3) is 0.667. The van der Waals surface area contributed by atoms with Gasteiger partial charge in [0.25, 0.3) is 0 Å². The Morgan fingerprint density at radius 2 is 2.44 bits per heavy atom. The Hall–Kier alpha value is -1.00. The fourth-order valence-corrected chi connectivity index (χ4v) is 2.30. The van der Waals surface area contributed by atoms with Crippen molar-refractivity contribution in [3.8, 4) is 0 Å². The summed E-state index contributed by atoms with van der Waals surface area (Å²) in [5.41, 5.74) is 6.71. The molecule has 1 atom stereocenters. The molecule has 2 rings (SSSR count). The van der Waals surface area contributed by atoms with Crippen molar-refractivity contribution < 1.29 is 0 Å². The summed E-state index contributed by atoms with van der Waals surface area (Å²) in [6.07, 6.45) is 5.14. The van der Waals surface area contributed by atoms with Crippen LogP contribution < -0.4 is 5.73 Å². The zero-order chi connectivity index (χ0) is 11.4. The predicted molar refractivity (Wildman–Crippen MR) is 64.3 cm³/mol. The van der Waals surface area contributed by atoms with Gasteiger partial charge in [-0.2, -0.15) is 0 Å². The van der Waals surface area contributed by atoms with Crippen molar-refractivity contribution in [3.05, 3.63) is 23.8 Å². The summed E-state index contributed by atoms with van der Waals surface area (Å²) in [7, 11) is 2.17. The fourth-order valence-electron chi connectivity index (χ4n) is 2.30. The second-order valence-corrected chi connectivity index (χ2v) is 4.54. The van der Waals surface area contributed by atoms with Crippen LogP contribution in [0, 0.1) is 0 Å². The van der Waals surface area contributed by atoms with Crippen LogP contribution in [-0.4, -0.2) is 41.5 Å². The van der Waals surface area contributed by atoms with Gasteiger partial charge in [-0.15, -0.1) is 0 Å². The first-order valence-electron chi connectivity index (χ1n) is 6.00. The molecule has 0 bridgehead atoms. The normalized spacial score (nSPS) is 22.2. The molecule has 1 fully saturated rings. The third kappa shape index (κ3) is 2.77. The lowest BCUT2D eigenvalue weighted by Gasteiger charge is -2.29. The van der Waals surface area contributed by atoms with Crippen LogP contribution in [0.2, 0.25) is 0 Å². The number of hydrogen-bond donors (Lipinski definition) is 1. The number of likely N-dealkylation sites (N-methyl/N-ethyl adjacent to an activating group) is 1. The van der Waals surface area contributed by atoms with Crippen LogP contribution in [-0.2, 0) is 6.42 Å². The molecule has 2 heterocycles. The molecule has 1 aromatic rings. The monoisotopic (exact) mass is 220 g/mol. The van der Waals surface area contributed by atoms with E-state index >= 15 is 0 Å². The van der Waals surface area contributed by atoms with Crippen LogP contribution >= 0.6 is 0 Å². The van der Waals surface area contributed by atoms with E-state index in [0.29, 0.717) is 12.5 Å². The van der Waals surface area contributed by atoms with E-state index in [0.717, 1.165) is 18.8 Å². The number of hydrogen-bond acceptors (Lipinski definition) is 4. The minimum absolute atomic E-state index is 0.568. The van der Waals surface area contributed by atoms with E-state index in [1.807, 2.05) is 12.3 Å². The van der Waals surface area contributed by atoms with E-state index in [2.05, 4.69) is 21.9 Å². The minimum atomic E-state index is 0.568. The van der Waals surface area contributed by atoms with Gasteiger partial charge in [0.1, 0.15) is 5.82 Å². The predicted octanol–water partition coefficient (Wildman–Crippen LogP) is 0.787. The molecule has 0 spiro atoms. The van der Waals surface area contributed by atoms with Gasteiger partial charge in [-0.1, -0.05) is 0 Å². The Labute approximate surface area is 96.9 Å². The highest BCUT2D eigenvalue weighted by molar-refractivity contribution is 5.10. The molecule has 1 aliphatic rings. The van der Waals surface area contributed by atoms with Crippen molar-refractivity contribution in [1.82, 2.24) is 14.9 Å². The Morgan fingerprint density at radius 1 is 1.56 bits per heavy atom. The quantitative estimate of drug-likeness (QED) is 0.818. The molecule has 0 aromatic carbocycles. The molecule has 1 unspecified atom stereocenters. The molecule has 0 radical (unpaired) electrons. The number of nitrogens with two attached hydrogens (primary N) is 1. The van der Waals surface area contributed by atoms with Gasteiger partial charge in [-0.3, -0.25) is 0 Å². The third-order valence-electron chi connectivity index (χ3n) is 3.14. The zero-order valence-corrected chi connectivity index (χ0v) is 9.89. The molecule has 1 aliphatic heterocycles. The number of rotatable bonds is 3. The van der Waals surface area contributed by atoms with Crippen molar-refractivity contribution in [1.29, 1.82) is 0 Å². The van der Waals surface area contributed by atoms with Crippen LogP contribution in [0.1, 0.15) is 30.3 Å². The number of aromatic nitrogens is 2. The highest BCUT2D eigenvalue weighted by Crippen LogP contribution is 2.24. The van der Waals surface area contributed by atoms with E-state index in [4.69, 9.17) is 5.73 Å². The van der Waals surface area contributed by atoms with Crippen molar-refractivity contribution in [3.63, 3.8) is 0 Å². The highest BCUT2D eigenvalue weighted by Gasteiger charge is 2.20. The molecule has 16 heavy (non-hydrogen) atoms. The summed E-state index contributed by atoms with van der Waals surface area (Å²) in [6.45, 7) is 2.93. The number of nitrogens with zero attached hydrogens (tertiary/aromatic N) is 3. The first-order valence-corrected chi connectivity index (χ1v) is 6.00. The van der Waals surface area contributed by atoms with Gasteiger partial charge in [-0.25, -0.2) is 9.97 Å². The first kappa shape index (κ1) is 11.5. The molecule has 4 nitrogen and oxygen atoms in total. The highest BCUT2D eigenvalue weighted by atomic mass is 15.1. The molecule has 1 saturated heterocycles. The third-order valence-corrected chi connectivity index (χ3v) is 3.14. The maximum Gasteiger partial charge on any atom is 0.129 e. The van der Waals surface area contributed by atoms with Crippen LogP contribution in [0.15, 0.2) is 12.3 Å². The SMILES string of the molecule is CN1CCCC(c2ccnc(CCN)n2)C1. The summed E-state index contributed by atoms with van der Waals surface area (Å²) < 4.78 is 0. The summed E-state index contributed by atoms with van der Waals surface area (Å²) in [5, 5.41) is 0. The summed E-state index contributed by atoms with van der Waals surface area (Å²) in [6, 6.07) is 2.05. The lowest BCUT2D eigenvalue weighted by molar-refractivity contribution is 0.248. The smallest absolute Gasteiger partial charge is 0.129 e. The second-order valence-electron chi connectivity index (χ2n) is 4.54. The minimum Gasteiger partial charge on any atom is -0.330 e. The molecule has 0 amide bonds. The second kappa shape index (κ2) is 5.37. The largest absolute Gasteiger partial charge is 0.330 e. The van der Waals surface area contributed by atoms with E-state index in [1.54, 1.807) is 0 Å². The average molecular weight is 220 g/mol. The maximum atomic E-state index is 5.52. The van der Waals surface area contributed by atoms with Crippen molar-refractivity contribution in [2.75, 3.05) is 26.7 Å². The van der Waals surface area contributed by atoms with Crippen LogP contribution in [0.4, 0.5) is 0 Å². The first-order chi connectivity index (χ1) is 7.79. The van der Waals surface area contributed by atoms with Gasteiger partial charge in [0.05, 0.1) is 0 Å². The lowest BCUT2D eigenvalue weighted by Crippen LogP contribution is -2.31. The van der Waals surface area contributed by atoms with Crippen LogP contribution in [0.5, 0.6) is 0 Å². The lowest BCUT2D eigenvalue weighted by atomic mass is 9.95. The van der Waals surface area contributed by atoms with Crippen LogP contribution in [0.25, 0.3) is 0 Å². The van der Waals surface area contributed by atoms with Crippen molar-refractivity contribution in [2.24, 2.45) is 5.73 Å². The summed E-state index contributed by atoms with van der Waals surface area (Å²) >= 11 is 0. The standard InChI is InChI=1S/C12H20N4/c1-16-8-2-3-10(9-16)11-5-7-14-12(15-11)4-6-13/h5,7,10H,2-4,6,8-9,13H2,1H3. The number of likely N-dealkylation sites (tertiary alicyclic amines) is 1. The topological polar surface area (TPSA) is 55.0 Å². The molecular weight excluding hydrogens is 200 g/mol. The maximum absolute atomic E-state index is 5.52. The van der Waals surface area contributed by atoms with Gasteiger partial charge in [0.15, 0.2) is 0 Å². The van der Waals surface area contributed by atoms with Gasteiger partial charge in [-0.05, 0) is 39.0 Å². The molecule has 0 aliphatic carbocycles. The average Bonchev–Trinajstić information content (AvgIpc) is 2.30. The van der Waals surface area contributed by atoms with Gasteiger partial charge < -0.3 is 10.6 Å². The van der Waals surface area contributed by atoms with E-state index in [-0.39, 0.29) is 0 Å². The number of piperidine rings is 1. The van der Waals surface area contributed by atoms with Gasteiger partial charge in [0, 0.05) is 30.8 Å². The molecule has 0 saturated carbocycles. The van der Waals surface area contributed by atoms with Gasteiger partial charge >= 0.3 is 0 Å². The Bertz CT molecular complexity index is 340. The summed E-state index contributed by atoms with van der Waals surface area (Å²) in [4.78, 5) is 11.2. The Morgan fingerprint density at radius 3 is 3.19 bits per heavy atom. The van der Waals surface area contributed by atoms with Crippen LogP contribution in [0.3, 0.4) is 0 Å². The molecular formula is C12H20N4. The van der Waals surface area contributed by atoms with Crippen molar-refractivity contribution in [2.45, 2.75) is 25.2 Å². The zero-order valence-electron chi connectivity index (χ0n) is 9.89. The van der Waals surface area contributed by atoms with E-state index in [1.165, 1.54) is 25.1 Å². The van der Waals surface area contributed by atoms with E-state index < -0.39 is 0 Å². The summed E-state index contributed by atoms with van der Waals surface area (Å²) in [5.74, 6) is 1.45.